The van der Waals surface area contributed by atoms with Gasteiger partial charge in [0.1, 0.15) is 13.2 Å². The lowest BCUT2D eigenvalue weighted by Crippen LogP contribution is -3.00. The molecule has 0 saturated heterocycles. The molecule has 0 bridgehead atoms. The molecule has 4 nitrogen and oxygen atoms in total. The van der Waals surface area contributed by atoms with Gasteiger partial charge < -0.3 is 27.2 Å². The molecule has 2 heterocycles. The molecule has 0 amide bonds. The van der Waals surface area contributed by atoms with Gasteiger partial charge in [0, 0.05) is 29.8 Å². The largest absolute Gasteiger partial charge is 1.00 e. The molecule has 0 fully saturated rings. The van der Waals surface area contributed by atoms with Gasteiger partial charge in [0.05, 0.1) is 11.1 Å². The minimum absolute atomic E-state index is 0. The summed E-state index contributed by atoms with van der Waals surface area (Å²) < 4.78 is 11.3. The fourth-order valence-electron chi connectivity index (χ4n) is 3.70. The van der Waals surface area contributed by atoms with Crippen LogP contribution in [-0.2, 0) is 12.8 Å². The molecule has 0 atom stereocenters. The van der Waals surface area contributed by atoms with Crippen LogP contribution in [0.2, 0.25) is 0 Å². The van der Waals surface area contributed by atoms with Crippen LogP contribution in [0.25, 0.3) is 10.9 Å². The van der Waals surface area contributed by atoms with Crippen molar-refractivity contribution in [1.29, 1.82) is 0 Å². The molecule has 2 aromatic carbocycles. The van der Waals surface area contributed by atoms with Crippen molar-refractivity contribution in [3.63, 3.8) is 0 Å². The van der Waals surface area contributed by atoms with Gasteiger partial charge in [-0.3, -0.25) is 0 Å². The number of fused-ring (bicyclic) bond motifs is 3. The van der Waals surface area contributed by atoms with Gasteiger partial charge in [0.2, 0.25) is 5.52 Å². The molecule has 1 aromatic heterocycles. The number of halogens is 1. The average Bonchev–Trinajstić information content (AvgIpc) is 3.10. The second-order valence-corrected chi connectivity index (χ2v) is 6.34. The van der Waals surface area contributed by atoms with E-state index in [2.05, 4.69) is 40.6 Å². The normalized spacial score (nSPS) is 14.7. The number of aromatic amines is 1. The highest BCUT2D eigenvalue weighted by molar-refractivity contribution is 5.93. The fourth-order valence-corrected chi connectivity index (χ4v) is 3.70. The molecule has 1 aliphatic carbocycles. The molecule has 5 heteroatoms. The second kappa shape index (κ2) is 6.45. The molecule has 2 N–H and O–H groups in total. The fraction of sp³-hybridized carbons (Fsp3) is 0.250. The van der Waals surface area contributed by atoms with Crippen LogP contribution in [0.3, 0.4) is 0 Å². The zero-order valence-electron chi connectivity index (χ0n) is 13.8. The molecular formula is C20H19ClN2O2. The minimum atomic E-state index is 0. The number of aryl methyl sites for hydroxylation is 1. The number of para-hydroxylation sites is 1. The maximum absolute atomic E-state index is 5.71. The van der Waals surface area contributed by atoms with E-state index < -0.39 is 0 Å². The summed E-state index contributed by atoms with van der Waals surface area (Å²) in [7, 11) is 0. The summed E-state index contributed by atoms with van der Waals surface area (Å²) in [6.45, 7) is 1.22. The number of anilines is 2. The molecule has 1 aliphatic heterocycles. The van der Waals surface area contributed by atoms with Gasteiger partial charge in [-0.2, -0.15) is 0 Å². The summed E-state index contributed by atoms with van der Waals surface area (Å²) in [6, 6.07) is 14.5. The molecule has 0 saturated carbocycles. The van der Waals surface area contributed by atoms with Crippen LogP contribution >= 0.6 is 0 Å². The van der Waals surface area contributed by atoms with Gasteiger partial charge in [-0.05, 0) is 31.0 Å². The SMILES string of the molecule is [Cl-].c1ccc2c(Nc3ccc4c(c3)OCCO4)c3c([nH+]c2c1)CCC3. The van der Waals surface area contributed by atoms with Crippen molar-refractivity contribution >= 4 is 22.3 Å². The van der Waals surface area contributed by atoms with E-state index in [-0.39, 0.29) is 12.4 Å². The van der Waals surface area contributed by atoms with Crippen LogP contribution in [0, 0.1) is 0 Å². The first-order chi connectivity index (χ1) is 11.9. The van der Waals surface area contributed by atoms with Gasteiger partial charge in [-0.25, -0.2) is 4.98 Å². The quantitative estimate of drug-likeness (QED) is 0.735. The summed E-state index contributed by atoms with van der Waals surface area (Å²) in [5, 5.41) is 4.87. The molecule has 0 spiro atoms. The van der Waals surface area contributed by atoms with Crippen molar-refractivity contribution in [2.24, 2.45) is 0 Å². The Labute approximate surface area is 152 Å². The smallest absolute Gasteiger partial charge is 0.213 e. The van der Waals surface area contributed by atoms with E-state index in [9.17, 15) is 0 Å². The number of rotatable bonds is 2. The van der Waals surface area contributed by atoms with E-state index in [0.717, 1.165) is 30.0 Å². The maximum Gasteiger partial charge on any atom is 0.213 e. The Balaban J connectivity index is 0.00000157. The third kappa shape index (κ3) is 2.76. The predicted molar refractivity (Wildman–Crippen MR) is 93.2 cm³/mol. The number of hydrogen-bond acceptors (Lipinski definition) is 3. The van der Waals surface area contributed by atoms with E-state index in [1.807, 2.05) is 12.1 Å². The summed E-state index contributed by atoms with van der Waals surface area (Å²) in [5.41, 5.74) is 6.19. The zero-order chi connectivity index (χ0) is 15.9. The Morgan fingerprint density at radius 1 is 0.920 bits per heavy atom. The van der Waals surface area contributed by atoms with Crippen LogP contribution in [0.5, 0.6) is 11.5 Å². The number of H-pyrrole nitrogens is 1. The molecule has 5 rings (SSSR count). The lowest BCUT2D eigenvalue weighted by molar-refractivity contribution is -0.356. The molecule has 2 aliphatic rings. The van der Waals surface area contributed by atoms with Crippen molar-refractivity contribution in [2.45, 2.75) is 19.3 Å². The van der Waals surface area contributed by atoms with Gasteiger partial charge >= 0.3 is 0 Å². The molecular weight excluding hydrogens is 336 g/mol. The Kier molecular flexibility index (Phi) is 4.14. The van der Waals surface area contributed by atoms with Crippen molar-refractivity contribution in [3.05, 3.63) is 53.7 Å². The highest BCUT2D eigenvalue weighted by Crippen LogP contribution is 2.37. The highest BCUT2D eigenvalue weighted by atomic mass is 35.5. The van der Waals surface area contributed by atoms with Crippen LogP contribution in [0.4, 0.5) is 11.4 Å². The Morgan fingerprint density at radius 2 is 1.76 bits per heavy atom. The minimum Gasteiger partial charge on any atom is -1.00 e. The van der Waals surface area contributed by atoms with Gasteiger partial charge in [0.15, 0.2) is 17.2 Å². The topological polar surface area (TPSA) is 44.6 Å². The van der Waals surface area contributed by atoms with E-state index in [4.69, 9.17) is 9.47 Å². The Hall–Kier alpha value is -2.46. The van der Waals surface area contributed by atoms with Crippen LogP contribution in [-0.4, -0.2) is 13.2 Å². The Bertz CT molecular complexity index is 942. The van der Waals surface area contributed by atoms with E-state index >= 15 is 0 Å². The van der Waals surface area contributed by atoms with Crippen molar-refractivity contribution in [3.8, 4) is 11.5 Å². The lowest BCUT2D eigenvalue weighted by Gasteiger charge is -2.19. The number of ether oxygens (including phenoxy) is 2. The first-order valence-corrected chi connectivity index (χ1v) is 8.51. The summed E-state index contributed by atoms with van der Waals surface area (Å²) >= 11 is 0. The first-order valence-electron chi connectivity index (χ1n) is 8.51. The summed E-state index contributed by atoms with van der Waals surface area (Å²) in [4.78, 5) is 3.60. The van der Waals surface area contributed by atoms with Crippen molar-refractivity contribution in [1.82, 2.24) is 0 Å². The maximum atomic E-state index is 5.71. The molecule has 128 valence electrons. The molecule has 0 unspecified atom stereocenters. The number of benzene rings is 2. The van der Waals surface area contributed by atoms with Crippen molar-refractivity contribution < 1.29 is 26.9 Å². The van der Waals surface area contributed by atoms with E-state index in [1.54, 1.807) is 0 Å². The zero-order valence-corrected chi connectivity index (χ0v) is 14.5. The van der Waals surface area contributed by atoms with Crippen LogP contribution in [0.1, 0.15) is 17.7 Å². The number of nitrogens with one attached hydrogen (secondary N) is 2. The number of hydrogen-bond donors (Lipinski definition) is 1. The number of pyridine rings is 1. The van der Waals surface area contributed by atoms with E-state index in [0.29, 0.717) is 13.2 Å². The van der Waals surface area contributed by atoms with Gasteiger partial charge in [-0.15, -0.1) is 0 Å². The Morgan fingerprint density at radius 3 is 2.68 bits per heavy atom. The third-order valence-corrected chi connectivity index (χ3v) is 4.81. The number of aromatic nitrogens is 1. The molecule has 25 heavy (non-hydrogen) atoms. The van der Waals surface area contributed by atoms with Crippen LogP contribution < -0.4 is 32.2 Å². The molecule has 3 aromatic rings. The standard InChI is InChI=1S/C20H18N2O2.ClH/c1-2-6-16-14(4-1)20(15-5-3-7-17(15)22-16)21-13-8-9-18-19(12-13)24-11-10-23-18;/h1-2,4,6,8-9,12H,3,5,7,10-11H2,(H,21,22);1H. The van der Waals surface area contributed by atoms with Gasteiger partial charge in [0.25, 0.3) is 0 Å². The van der Waals surface area contributed by atoms with Gasteiger partial charge in [-0.1, -0.05) is 12.1 Å². The summed E-state index contributed by atoms with van der Waals surface area (Å²) in [5.74, 6) is 1.64. The van der Waals surface area contributed by atoms with Crippen molar-refractivity contribution in [2.75, 3.05) is 18.5 Å². The monoisotopic (exact) mass is 354 g/mol. The third-order valence-electron chi connectivity index (χ3n) is 4.81. The second-order valence-electron chi connectivity index (χ2n) is 6.34. The van der Waals surface area contributed by atoms with E-state index in [1.165, 1.54) is 34.3 Å². The highest BCUT2D eigenvalue weighted by Gasteiger charge is 2.24. The predicted octanol–water partition coefficient (Wildman–Crippen LogP) is 0.661. The lowest BCUT2D eigenvalue weighted by atomic mass is 10.1. The van der Waals surface area contributed by atoms with Crippen LogP contribution in [0.15, 0.2) is 42.5 Å². The first kappa shape index (κ1) is 16.0. The molecule has 0 radical (unpaired) electrons. The summed E-state index contributed by atoms with van der Waals surface area (Å²) in [6.07, 6.45) is 3.44. The average molecular weight is 355 g/mol.